The first-order chi connectivity index (χ1) is 16.9. The van der Waals surface area contributed by atoms with Crippen LogP contribution in [0.3, 0.4) is 0 Å². The lowest BCUT2D eigenvalue weighted by Crippen LogP contribution is -2.18. The van der Waals surface area contributed by atoms with E-state index < -0.39 is 10.8 Å². The zero-order valence-corrected chi connectivity index (χ0v) is 19.2. The van der Waals surface area contributed by atoms with Crippen LogP contribution in [0.1, 0.15) is 35.3 Å². The highest BCUT2D eigenvalue weighted by molar-refractivity contribution is 5.97. The number of rotatable bonds is 10. The third-order valence-corrected chi connectivity index (χ3v) is 4.63. The number of nitro benzene ring substituents is 1. The fraction of sp³-hybridized carbons (Fsp3) is 0.160. The number of carbonyl (C=O) groups excluding carboxylic acids is 2. The summed E-state index contributed by atoms with van der Waals surface area (Å²) in [5.74, 6) is 0.334. The van der Waals surface area contributed by atoms with E-state index in [1.165, 1.54) is 25.3 Å². The van der Waals surface area contributed by atoms with E-state index >= 15 is 0 Å². The Balaban J connectivity index is 1.64. The molecule has 35 heavy (non-hydrogen) atoms. The fourth-order valence-electron chi connectivity index (χ4n) is 3.04. The number of hydrogen-bond donors (Lipinski definition) is 2. The molecular formula is C25H24N4O6. The van der Waals surface area contributed by atoms with Crippen molar-refractivity contribution in [1.82, 2.24) is 5.43 Å². The van der Waals surface area contributed by atoms with E-state index in [4.69, 9.17) is 9.47 Å². The molecule has 0 unspecified atom stereocenters. The van der Waals surface area contributed by atoms with Gasteiger partial charge in [0, 0.05) is 30.3 Å². The molecule has 0 spiro atoms. The van der Waals surface area contributed by atoms with Crippen LogP contribution in [0.2, 0.25) is 0 Å². The monoisotopic (exact) mass is 476 g/mol. The van der Waals surface area contributed by atoms with Gasteiger partial charge in [-0.15, -0.1) is 0 Å². The number of nitrogens with one attached hydrogen (secondary N) is 2. The van der Waals surface area contributed by atoms with Crippen LogP contribution in [0, 0.1) is 10.1 Å². The maximum atomic E-state index is 12.4. The van der Waals surface area contributed by atoms with E-state index in [0.717, 1.165) is 5.56 Å². The maximum absolute atomic E-state index is 12.4. The lowest BCUT2D eigenvalue weighted by molar-refractivity contribution is -0.384. The zero-order valence-electron chi connectivity index (χ0n) is 19.2. The van der Waals surface area contributed by atoms with Gasteiger partial charge >= 0.3 is 0 Å². The number of hydrogen-bond acceptors (Lipinski definition) is 7. The van der Waals surface area contributed by atoms with Crippen molar-refractivity contribution in [3.05, 3.63) is 93.5 Å². The number of anilines is 1. The van der Waals surface area contributed by atoms with E-state index in [2.05, 4.69) is 15.8 Å². The first-order valence-electron chi connectivity index (χ1n) is 10.7. The van der Waals surface area contributed by atoms with Gasteiger partial charge in [0.1, 0.15) is 6.61 Å². The molecule has 2 N–H and O–H groups in total. The van der Waals surface area contributed by atoms with Crippen molar-refractivity contribution in [2.45, 2.75) is 20.5 Å². The van der Waals surface area contributed by atoms with Gasteiger partial charge in [0.25, 0.3) is 11.6 Å². The van der Waals surface area contributed by atoms with Gasteiger partial charge in [-0.3, -0.25) is 19.7 Å². The minimum atomic E-state index is -0.455. The number of non-ortho nitro benzene ring substituents is 1. The van der Waals surface area contributed by atoms with E-state index in [1.807, 2.05) is 6.92 Å². The standard InChI is InChI=1S/C25H24N4O6/c1-3-34-24-13-19(9-12-23(24)35-16-18-7-10-22(11-8-18)29(32)33)15-26-28-25(31)20-5-4-6-21(14-20)27-17(2)30/h4-15H,3,16H2,1-2H3,(H,27,30)(H,28,31). The van der Waals surface area contributed by atoms with Gasteiger partial charge in [-0.1, -0.05) is 6.07 Å². The normalized spacial score (nSPS) is 10.6. The number of hydrazone groups is 1. The van der Waals surface area contributed by atoms with Gasteiger partial charge < -0.3 is 14.8 Å². The van der Waals surface area contributed by atoms with E-state index in [1.54, 1.807) is 54.6 Å². The smallest absolute Gasteiger partial charge is 0.271 e. The van der Waals surface area contributed by atoms with Crippen LogP contribution in [-0.4, -0.2) is 29.6 Å². The van der Waals surface area contributed by atoms with Crippen molar-refractivity contribution < 1.29 is 24.0 Å². The predicted molar refractivity (Wildman–Crippen MR) is 131 cm³/mol. The molecule has 3 aromatic carbocycles. The summed E-state index contributed by atoms with van der Waals surface area (Å²) in [4.78, 5) is 33.9. The molecule has 0 aromatic heterocycles. The molecule has 0 radical (unpaired) electrons. The zero-order chi connectivity index (χ0) is 25.2. The van der Waals surface area contributed by atoms with Crippen molar-refractivity contribution in [2.24, 2.45) is 5.10 Å². The summed E-state index contributed by atoms with van der Waals surface area (Å²) in [5, 5.41) is 17.4. The second-order valence-corrected chi connectivity index (χ2v) is 7.31. The Morgan fingerprint density at radius 3 is 2.49 bits per heavy atom. The summed E-state index contributed by atoms with van der Waals surface area (Å²) in [6, 6.07) is 17.8. The number of amides is 2. The third kappa shape index (κ3) is 7.39. The molecule has 10 nitrogen and oxygen atoms in total. The molecule has 0 saturated carbocycles. The highest BCUT2D eigenvalue weighted by Crippen LogP contribution is 2.29. The Morgan fingerprint density at radius 1 is 1.03 bits per heavy atom. The molecule has 0 fully saturated rings. The predicted octanol–water partition coefficient (Wildman–Crippen LogP) is 4.29. The Morgan fingerprint density at radius 2 is 1.80 bits per heavy atom. The highest BCUT2D eigenvalue weighted by atomic mass is 16.6. The van der Waals surface area contributed by atoms with Crippen LogP contribution in [0.25, 0.3) is 0 Å². The summed E-state index contributed by atoms with van der Waals surface area (Å²) in [6.45, 7) is 3.85. The Kier molecular flexibility index (Phi) is 8.49. The molecule has 0 saturated heterocycles. The molecule has 2 amide bonds. The van der Waals surface area contributed by atoms with Crippen LogP contribution < -0.4 is 20.2 Å². The number of ether oxygens (including phenoxy) is 2. The molecule has 0 aliphatic rings. The van der Waals surface area contributed by atoms with Crippen molar-refractivity contribution in [1.29, 1.82) is 0 Å². The summed E-state index contributed by atoms with van der Waals surface area (Å²) < 4.78 is 11.5. The van der Waals surface area contributed by atoms with Crippen molar-refractivity contribution in [2.75, 3.05) is 11.9 Å². The van der Waals surface area contributed by atoms with Gasteiger partial charge in [0.05, 0.1) is 17.7 Å². The van der Waals surface area contributed by atoms with E-state index in [9.17, 15) is 19.7 Å². The van der Waals surface area contributed by atoms with Crippen molar-refractivity contribution >= 4 is 29.4 Å². The summed E-state index contributed by atoms with van der Waals surface area (Å²) >= 11 is 0. The third-order valence-electron chi connectivity index (χ3n) is 4.63. The molecule has 10 heteroatoms. The van der Waals surface area contributed by atoms with Gasteiger partial charge in [-0.25, -0.2) is 5.43 Å². The number of benzene rings is 3. The largest absolute Gasteiger partial charge is 0.490 e. The van der Waals surface area contributed by atoms with Gasteiger partial charge in [0.2, 0.25) is 5.91 Å². The molecule has 0 heterocycles. The molecule has 0 atom stereocenters. The molecule has 0 aliphatic carbocycles. The second-order valence-electron chi connectivity index (χ2n) is 7.31. The Hall–Kier alpha value is -4.73. The van der Waals surface area contributed by atoms with Crippen LogP contribution in [0.15, 0.2) is 71.8 Å². The van der Waals surface area contributed by atoms with Crippen molar-refractivity contribution in [3.8, 4) is 11.5 Å². The first kappa shape index (κ1) is 24.9. The van der Waals surface area contributed by atoms with Crippen LogP contribution >= 0.6 is 0 Å². The lowest BCUT2D eigenvalue weighted by atomic mass is 10.2. The van der Waals surface area contributed by atoms with Gasteiger partial charge in [0.15, 0.2) is 11.5 Å². The SMILES string of the molecule is CCOc1cc(C=NNC(=O)c2cccc(NC(C)=O)c2)ccc1OCc1ccc([N+](=O)[O-])cc1. The highest BCUT2D eigenvalue weighted by Gasteiger charge is 2.09. The summed E-state index contributed by atoms with van der Waals surface area (Å²) in [5.41, 5.74) is 4.77. The molecule has 180 valence electrons. The first-order valence-corrected chi connectivity index (χ1v) is 10.7. The molecule has 0 bridgehead atoms. The quantitative estimate of drug-likeness (QED) is 0.255. The fourth-order valence-corrected chi connectivity index (χ4v) is 3.04. The molecular weight excluding hydrogens is 452 g/mol. The molecule has 3 rings (SSSR count). The average Bonchev–Trinajstić information content (AvgIpc) is 2.83. The Bertz CT molecular complexity index is 1240. The number of nitrogens with zero attached hydrogens (tertiary/aromatic N) is 2. The minimum absolute atomic E-state index is 0.0138. The Labute approximate surface area is 201 Å². The summed E-state index contributed by atoms with van der Waals surface area (Å²) in [7, 11) is 0. The van der Waals surface area contributed by atoms with Gasteiger partial charge in [-0.05, 0) is 66.6 Å². The van der Waals surface area contributed by atoms with Gasteiger partial charge in [-0.2, -0.15) is 5.10 Å². The van der Waals surface area contributed by atoms with E-state index in [-0.39, 0.29) is 18.2 Å². The molecule has 3 aromatic rings. The van der Waals surface area contributed by atoms with Crippen LogP contribution in [0.4, 0.5) is 11.4 Å². The summed E-state index contributed by atoms with van der Waals surface area (Å²) in [6.07, 6.45) is 1.47. The van der Waals surface area contributed by atoms with Crippen molar-refractivity contribution in [3.63, 3.8) is 0 Å². The maximum Gasteiger partial charge on any atom is 0.271 e. The van der Waals surface area contributed by atoms with Crippen LogP contribution in [-0.2, 0) is 11.4 Å². The van der Waals surface area contributed by atoms with Crippen LogP contribution in [0.5, 0.6) is 11.5 Å². The topological polar surface area (TPSA) is 132 Å². The molecule has 0 aliphatic heterocycles. The minimum Gasteiger partial charge on any atom is -0.490 e. The van der Waals surface area contributed by atoms with E-state index in [0.29, 0.717) is 34.9 Å². The lowest BCUT2D eigenvalue weighted by Gasteiger charge is -2.12. The second kappa shape index (κ2) is 11.9. The average molecular weight is 476 g/mol. The number of carbonyl (C=O) groups is 2. The number of nitro groups is 1.